The molecule has 0 saturated carbocycles. The molecule has 6 rings (SSSR count). The molecule has 0 radical (unpaired) electrons. The van der Waals surface area contributed by atoms with Gasteiger partial charge in [-0.25, -0.2) is 19.9 Å². The maximum atomic E-state index is 15.6. The fourth-order valence-electron chi connectivity index (χ4n) is 6.77. The quantitative estimate of drug-likeness (QED) is 0.142. The second-order valence-electron chi connectivity index (χ2n) is 16.3. The van der Waals surface area contributed by atoms with Gasteiger partial charge in [0.1, 0.15) is 0 Å². The van der Waals surface area contributed by atoms with Crippen LogP contribution >= 0.6 is 0 Å². The zero-order valence-corrected chi connectivity index (χ0v) is 35.2. The molecule has 0 amide bonds. The Labute approximate surface area is 333 Å². The maximum absolute atomic E-state index is 15.6. The molecule has 6 nitrogen and oxygen atoms in total. The first-order valence-electron chi connectivity index (χ1n) is 18.1. The monoisotopic (exact) mass is 893 g/mol. The van der Waals surface area contributed by atoms with Crippen LogP contribution < -0.4 is 0 Å². The van der Waals surface area contributed by atoms with Crippen LogP contribution in [0.25, 0.3) is 45.0 Å². The first-order valence-corrected chi connectivity index (χ1v) is 18.1. The van der Waals surface area contributed by atoms with Crippen molar-refractivity contribution in [2.24, 2.45) is 10.8 Å². The van der Waals surface area contributed by atoms with E-state index in [4.69, 9.17) is 19.9 Å². The zero-order chi connectivity index (χ0) is 38.3. The van der Waals surface area contributed by atoms with Gasteiger partial charge in [0.2, 0.25) is 5.41 Å². The minimum Gasteiger partial charge on any atom is -0.297 e. The predicted molar refractivity (Wildman–Crippen MR) is 214 cm³/mol. The second kappa shape index (κ2) is 15.4. The number of hydrogen-bond donors (Lipinski definition) is 0. The number of aromatic nitrogens is 4. The molecule has 7 heteroatoms. The minimum absolute atomic E-state index is 0. The third kappa shape index (κ3) is 8.08. The van der Waals surface area contributed by atoms with Crippen LogP contribution in [0.4, 0.5) is 0 Å². The molecule has 2 aromatic heterocycles. The average Bonchev–Trinajstić information content (AvgIpc) is 3.11. The number of benzene rings is 4. The molecule has 4 aromatic carbocycles. The van der Waals surface area contributed by atoms with Gasteiger partial charge >= 0.3 is 20.1 Å². The summed E-state index contributed by atoms with van der Waals surface area (Å²) in [4.78, 5) is 52.0. The normalized spacial score (nSPS) is 11.9. The van der Waals surface area contributed by atoms with Crippen LogP contribution in [-0.2, 0) is 35.1 Å². The first kappa shape index (κ1) is 40.2. The number of hydrogen-bond acceptors (Lipinski definition) is 6. The molecule has 0 fully saturated rings. The molecule has 0 bridgehead atoms. The fraction of sp³-hybridized carbons (Fsp3) is 0.277. The standard InChI is InChI=1S/C47H48N4O2.Ir/c1-29-15-11-19-33(23-29)37-27-38(34-20-12-16-30(2)24-34)49-43(48-37)47(41(52)45(5,6)7,42(53)46(8,9)10)44-50-39(35-21-13-17-31(3)25-35)28-40(51-44)36-22-14-18-32(4)26-36;/h11-28H,1-10H3;/q;+3. The molecule has 6 aromatic rings. The van der Waals surface area contributed by atoms with Gasteiger partial charge in [-0.2, -0.15) is 0 Å². The van der Waals surface area contributed by atoms with Gasteiger partial charge in [0, 0.05) is 33.1 Å². The molecule has 0 spiro atoms. The van der Waals surface area contributed by atoms with Crippen LogP contribution in [0.15, 0.2) is 109 Å². The van der Waals surface area contributed by atoms with Crippen molar-refractivity contribution in [2.45, 2.75) is 74.7 Å². The summed E-state index contributed by atoms with van der Waals surface area (Å²) in [5, 5.41) is 0. The SMILES string of the molecule is Cc1cccc(-c2cc(-c3cccc(C)c3)nc(C(C(=O)C(C)(C)C)(C(=O)C(C)(C)C)c3nc(-c4cccc(C)c4)cc(-c4cccc(C)c4)n3)n2)c1.[Ir+3]. The van der Waals surface area contributed by atoms with E-state index in [-0.39, 0.29) is 43.3 Å². The van der Waals surface area contributed by atoms with Crippen LogP contribution in [0.3, 0.4) is 0 Å². The summed E-state index contributed by atoms with van der Waals surface area (Å²) in [6.45, 7) is 19.1. The van der Waals surface area contributed by atoms with Gasteiger partial charge in [0.15, 0.2) is 23.2 Å². The fourth-order valence-corrected chi connectivity index (χ4v) is 6.77. The predicted octanol–water partition coefficient (Wildman–Crippen LogP) is 10.7. The van der Waals surface area contributed by atoms with Gasteiger partial charge in [0.05, 0.1) is 22.8 Å². The van der Waals surface area contributed by atoms with Crippen LogP contribution in [0.5, 0.6) is 0 Å². The summed E-state index contributed by atoms with van der Waals surface area (Å²) in [6, 6.07) is 36.1. The molecule has 0 saturated heterocycles. The minimum atomic E-state index is -2.09. The molecule has 0 atom stereocenters. The third-order valence-corrected chi connectivity index (χ3v) is 9.42. The van der Waals surface area contributed by atoms with Crippen LogP contribution in [0.1, 0.15) is 75.4 Å². The van der Waals surface area contributed by atoms with Gasteiger partial charge in [-0.1, -0.05) is 137 Å². The Morgan fingerprint density at radius 3 is 0.852 bits per heavy atom. The molecule has 54 heavy (non-hydrogen) atoms. The average molecular weight is 893 g/mol. The number of rotatable bonds is 8. The molecular formula is C47H48IrN4O2+3. The molecule has 0 N–H and O–H groups in total. The largest absolute Gasteiger partial charge is 3.00 e. The Kier molecular flexibility index (Phi) is 11.5. The molecule has 0 aliphatic carbocycles. The Bertz CT molecular complexity index is 2070. The van der Waals surface area contributed by atoms with E-state index in [9.17, 15) is 0 Å². The Balaban J connectivity index is 0.00000561. The van der Waals surface area contributed by atoms with Crippen LogP contribution in [0, 0.1) is 38.5 Å². The summed E-state index contributed by atoms with van der Waals surface area (Å²) in [6.07, 6.45) is 0. The number of aryl methyl sites for hydroxylation is 4. The Morgan fingerprint density at radius 1 is 0.407 bits per heavy atom. The maximum Gasteiger partial charge on any atom is 3.00 e. The Morgan fingerprint density at radius 2 is 0.648 bits per heavy atom. The first-order chi connectivity index (χ1) is 25.0. The summed E-state index contributed by atoms with van der Waals surface area (Å²) in [5.41, 5.74) is 5.83. The van der Waals surface area contributed by atoms with Crippen molar-refractivity contribution in [1.29, 1.82) is 0 Å². The van der Waals surface area contributed by atoms with Gasteiger partial charge in [-0.3, -0.25) is 9.59 Å². The molecule has 0 aliphatic heterocycles. The van der Waals surface area contributed by atoms with Crippen molar-refractivity contribution < 1.29 is 29.7 Å². The summed E-state index contributed by atoms with van der Waals surface area (Å²) >= 11 is 0. The van der Waals surface area contributed by atoms with Gasteiger partial charge < -0.3 is 0 Å². The zero-order valence-electron chi connectivity index (χ0n) is 32.8. The third-order valence-electron chi connectivity index (χ3n) is 9.42. The summed E-state index contributed by atoms with van der Waals surface area (Å²) < 4.78 is 0. The number of carbonyl (C=O) groups excluding carboxylic acids is 2. The van der Waals surface area contributed by atoms with E-state index in [1.807, 2.05) is 154 Å². The van der Waals surface area contributed by atoms with Gasteiger partial charge in [0.25, 0.3) is 0 Å². The van der Waals surface area contributed by atoms with Gasteiger partial charge in [-0.15, -0.1) is 0 Å². The molecule has 274 valence electrons. The number of nitrogens with zero attached hydrogens (tertiary/aromatic N) is 4. The Hall–Kier alpha value is -4.97. The van der Waals surface area contributed by atoms with Crippen molar-refractivity contribution in [3.05, 3.63) is 143 Å². The van der Waals surface area contributed by atoms with E-state index in [0.29, 0.717) is 22.8 Å². The smallest absolute Gasteiger partial charge is 0.297 e. The number of Topliss-reactive ketones (excluding diaryl/α,β-unsaturated/α-hetero) is 2. The van der Waals surface area contributed by atoms with E-state index in [2.05, 4.69) is 24.3 Å². The molecule has 0 unspecified atom stereocenters. The van der Waals surface area contributed by atoms with Crippen LogP contribution in [-0.4, -0.2) is 31.5 Å². The van der Waals surface area contributed by atoms with E-state index in [1.54, 1.807) is 0 Å². The van der Waals surface area contributed by atoms with E-state index >= 15 is 9.59 Å². The molecule has 0 aliphatic rings. The van der Waals surface area contributed by atoms with E-state index < -0.39 is 16.2 Å². The number of carbonyl (C=O) groups is 2. The van der Waals surface area contributed by atoms with E-state index in [0.717, 1.165) is 44.5 Å². The second-order valence-corrected chi connectivity index (χ2v) is 16.3. The van der Waals surface area contributed by atoms with Crippen molar-refractivity contribution in [3.8, 4) is 45.0 Å². The van der Waals surface area contributed by atoms with E-state index in [1.165, 1.54) is 0 Å². The van der Waals surface area contributed by atoms with Gasteiger partial charge in [-0.05, 0) is 64.1 Å². The van der Waals surface area contributed by atoms with Crippen molar-refractivity contribution in [1.82, 2.24) is 19.9 Å². The van der Waals surface area contributed by atoms with Crippen molar-refractivity contribution in [2.75, 3.05) is 0 Å². The van der Waals surface area contributed by atoms with Crippen molar-refractivity contribution >= 4 is 11.6 Å². The van der Waals surface area contributed by atoms with Crippen LogP contribution in [0.2, 0.25) is 0 Å². The van der Waals surface area contributed by atoms with Crippen molar-refractivity contribution in [3.63, 3.8) is 0 Å². The molecule has 2 heterocycles. The topological polar surface area (TPSA) is 85.7 Å². The summed E-state index contributed by atoms with van der Waals surface area (Å²) in [5.74, 6) is -0.634. The number of ketones is 2. The summed E-state index contributed by atoms with van der Waals surface area (Å²) in [7, 11) is 0. The molecular weight excluding hydrogens is 845 g/mol.